The number of ether oxygens (including phenoxy) is 1. The van der Waals surface area contributed by atoms with E-state index in [9.17, 15) is 14.7 Å². The third-order valence-electron chi connectivity index (χ3n) is 6.68. The van der Waals surface area contributed by atoms with Gasteiger partial charge in [0.2, 0.25) is 0 Å². The van der Waals surface area contributed by atoms with Crippen LogP contribution in [0, 0.1) is 0 Å². The summed E-state index contributed by atoms with van der Waals surface area (Å²) in [5, 5.41) is 11.1. The minimum Gasteiger partial charge on any atom is -0.507 e. The lowest BCUT2D eigenvalue weighted by atomic mass is 9.78. The van der Waals surface area contributed by atoms with E-state index in [0.29, 0.717) is 26.4 Å². The Kier molecular flexibility index (Phi) is 7.28. The van der Waals surface area contributed by atoms with Crippen LogP contribution in [0.1, 0.15) is 83.7 Å². The maximum Gasteiger partial charge on any atom is 0.338 e. The van der Waals surface area contributed by atoms with E-state index in [2.05, 4.69) is 46.5 Å². The van der Waals surface area contributed by atoms with Gasteiger partial charge in [0.15, 0.2) is 4.80 Å². The molecule has 38 heavy (non-hydrogen) atoms. The fraction of sp³-hybridized carbons (Fsp3) is 0.387. The molecule has 0 spiro atoms. The molecule has 0 amide bonds. The Hall–Kier alpha value is -3.45. The maximum absolute atomic E-state index is 13.9. The summed E-state index contributed by atoms with van der Waals surface area (Å²) in [6, 6.07) is 12.8. The Morgan fingerprint density at radius 3 is 2.18 bits per heavy atom. The summed E-state index contributed by atoms with van der Waals surface area (Å²) >= 11 is 1.30. The van der Waals surface area contributed by atoms with Gasteiger partial charge in [-0.1, -0.05) is 83.2 Å². The van der Waals surface area contributed by atoms with E-state index in [-0.39, 0.29) is 23.0 Å². The van der Waals surface area contributed by atoms with Crippen molar-refractivity contribution >= 4 is 23.4 Å². The van der Waals surface area contributed by atoms with Crippen molar-refractivity contribution in [3.8, 4) is 5.75 Å². The van der Waals surface area contributed by atoms with Gasteiger partial charge < -0.3 is 9.84 Å². The number of rotatable bonds is 4. The van der Waals surface area contributed by atoms with Crippen LogP contribution in [-0.2, 0) is 20.4 Å². The summed E-state index contributed by atoms with van der Waals surface area (Å²) in [6.07, 6.45) is 1.86. The van der Waals surface area contributed by atoms with Crippen LogP contribution in [-0.4, -0.2) is 22.2 Å². The van der Waals surface area contributed by atoms with Gasteiger partial charge in [-0.2, -0.15) is 0 Å². The summed E-state index contributed by atoms with van der Waals surface area (Å²) in [6.45, 7) is 16.1. The number of carbonyl (C=O) groups is 1. The first-order valence-corrected chi connectivity index (χ1v) is 13.7. The molecule has 0 bridgehead atoms. The molecule has 0 radical (unpaired) electrons. The van der Waals surface area contributed by atoms with Crippen molar-refractivity contribution in [2.45, 2.75) is 72.3 Å². The number of benzene rings is 2. The van der Waals surface area contributed by atoms with Gasteiger partial charge in [0.05, 0.1) is 28.5 Å². The van der Waals surface area contributed by atoms with Crippen molar-refractivity contribution in [3.05, 3.63) is 95.7 Å². The highest BCUT2D eigenvalue weighted by Gasteiger charge is 2.33. The van der Waals surface area contributed by atoms with Crippen LogP contribution in [0.15, 0.2) is 63.5 Å². The van der Waals surface area contributed by atoms with E-state index >= 15 is 0 Å². The molecule has 0 saturated carbocycles. The summed E-state index contributed by atoms with van der Waals surface area (Å²) in [5.74, 6) is -0.178. The van der Waals surface area contributed by atoms with Gasteiger partial charge in [0, 0.05) is 11.1 Å². The van der Waals surface area contributed by atoms with Crippen LogP contribution in [0.5, 0.6) is 5.75 Å². The predicted molar refractivity (Wildman–Crippen MR) is 152 cm³/mol. The van der Waals surface area contributed by atoms with E-state index in [4.69, 9.17) is 4.74 Å². The van der Waals surface area contributed by atoms with E-state index in [0.717, 1.165) is 22.3 Å². The van der Waals surface area contributed by atoms with E-state index in [1.165, 1.54) is 11.3 Å². The van der Waals surface area contributed by atoms with E-state index in [1.54, 1.807) is 18.4 Å². The summed E-state index contributed by atoms with van der Waals surface area (Å²) in [4.78, 5) is 32.1. The molecule has 1 aliphatic rings. The van der Waals surface area contributed by atoms with E-state index < -0.39 is 12.0 Å². The summed E-state index contributed by atoms with van der Waals surface area (Å²) in [5.41, 5.74) is 3.40. The van der Waals surface area contributed by atoms with Crippen LogP contribution in [0.2, 0.25) is 0 Å². The molecule has 0 saturated heterocycles. The zero-order chi connectivity index (χ0) is 28.0. The Morgan fingerprint density at radius 2 is 1.66 bits per heavy atom. The van der Waals surface area contributed by atoms with Crippen LogP contribution >= 0.6 is 11.3 Å². The van der Waals surface area contributed by atoms with Crippen molar-refractivity contribution in [1.29, 1.82) is 0 Å². The third kappa shape index (κ3) is 5.12. The van der Waals surface area contributed by atoms with E-state index in [1.807, 2.05) is 48.5 Å². The molecule has 1 aromatic heterocycles. The molecule has 200 valence electrons. The molecular formula is C31H36N2O4S. The number of fused-ring (bicyclic) bond motifs is 1. The van der Waals surface area contributed by atoms with Gasteiger partial charge in [-0.3, -0.25) is 9.36 Å². The number of allylic oxidation sites excluding steroid dienone is 1. The third-order valence-corrected chi connectivity index (χ3v) is 7.66. The Bertz CT molecular complexity index is 1560. The normalized spacial score (nSPS) is 16.3. The average molecular weight is 533 g/mol. The molecule has 1 aliphatic heterocycles. The van der Waals surface area contributed by atoms with Gasteiger partial charge >= 0.3 is 5.97 Å². The second-order valence-electron chi connectivity index (χ2n) is 11.7. The first-order valence-electron chi connectivity index (χ1n) is 12.9. The second kappa shape index (κ2) is 10.0. The van der Waals surface area contributed by atoms with Crippen molar-refractivity contribution in [2.75, 3.05) is 6.61 Å². The van der Waals surface area contributed by atoms with Gasteiger partial charge in [0.25, 0.3) is 5.56 Å². The first kappa shape index (κ1) is 27.6. The minimum atomic E-state index is -0.635. The number of thiazole rings is 1. The van der Waals surface area contributed by atoms with Crippen molar-refractivity contribution in [2.24, 2.45) is 4.99 Å². The SMILES string of the molecule is CCOC(=O)C1=C(C)N=c2s/c(=C/c3cc(C(C)(C)C)c(O)c(C(C)(C)C)c3)c(=O)n2[C@@H]1c1ccccc1. The molecule has 3 aromatic rings. The standard InChI is InChI=1S/C31H36N2O4S/c1-9-37-28(36)24-18(2)32-29-33(25(24)20-13-11-10-12-14-20)27(35)23(38-29)17-19-15-21(30(3,4)5)26(34)22(16-19)31(6,7)8/h10-17,25,34H,9H2,1-8H3/b23-17+/t25-/m1/s1. The zero-order valence-corrected chi connectivity index (χ0v) is 24.2. The molecule has 4 rings (SSSR count). The first-order chi connectivity index (χ1) is 17.7. The number of phenols is 1. The van der Waals surface area contributed by atoms with Crippen LogP contribution < -0.4 is 14.9 Å². The highest BCUT2D eigenvalue weighted by Crippen LogP contribution is 2.40. The highest BCUT2D eigenvalue weighted by atomic mass is 32.1. The van der Waals surface area contributed by atoms with Gasteiger partial charge in [-0.25, -0.2) is 9.79 Å². The number of hydrogen-bond donors (Lipinski definition) is 1. The molecule has 2 heterocycles. The predicted octanol–water partition coefficient (Wildman–Crippen LogP) is 5.10. The van der Waals surface area contributed by atoms with Crippen molar-refractivity contribution < 1.29 is 14.6 Å². The second-order valence-corrected chi connectivity index (χ2v) is 12.7. The van der Waals surface area contributed by atoms with Crippen LogP contribution in [0.3, 0.4) is 0 Å². The summed E-state index contributed by atoms with van der Waals surface area (Å²) in [7, 11) is 0. The lowest BCUT2D eigenvalue weighted by molar-refractivity contribution is -0.139. The maximum atomic E-state index is 13.9. The molecule has 0 fully saturated rings. The fourth-order valence-electron chi connectivity index (χ4n) is 4.78. The molecular weight excluding hydrogens is 496 g/mol. The quantitative estimate of drug-likeness (QED) is 0.474. The van der Waals surface area contributed by atoms with Crippen LogP contribution in [0.4, 0.5) is 0 Å². The number of hydrogen-bond acceptors (Lipinski definition) is 6. The Morgan fingerprint density at radius 1 is 1.08 bits per heavy atom. The molecule has 1 N–H and O–H groups in total. The fourth-order valence-corrected chi connectivity index (χ4v) is 5.82. The Labute approximate surface area is 227 Å². The Balaban J connectivity index is 1.99. The van der Waals surface area contributed by atoms with Gasteiger partial charge in [-0.15, -0.1) is 0 Å². The number of carbonyl (C=O) groups excluding carboxylic acids is 1. The number of aromatic nitrogens is 1. The molecule has 7 heteroatoms. The number of nitrogens with zero attached hydrogens (tertiary/aromatic N) is 2. The molecule has 0 aliphatic carbocycles. The summed E-state index contributed by atoms with van der Waals surface area (Å²) < 4.78 is 7.47. The lowest BCUT2D eigenvalue weighted by Gasteiger charge is -2.27. The van der Waals surface area contributed by atoms with Gasteiger partial charge in [-0.05, 0) is 54.0 Å². The average Bonchev–Trinajstić information content (AvgIpc) is 3.12. The zero-order valence-electron chi connectivity index (χ0n) is 23.4. The molecule has 2 aromatic carbocycles. The van der Waals surface area contributed by atoms with Crippen molar-refractivity contribution in [3.63, 3.8) is 0 Å². The minimum absolute atomic E-state index is 0.223. The largest absolute Gasteiger partial charge is 0.507 e. The molecule has 1 atom stereocenters. The van der Waals surface area contributed by atoms with Crippen molar-refractivity contribution in [1.82, 2.24) is 4.57 Å². The monoisotopic (exact) mass is 532 g/mol. The smallest absolute Gasteiger partial charge is 0.338 e. The number of phenolic OH excluding ortho intramolecular Hbond substituents is 1. The van der Waals surface area contributed by atoms with Crippen LogP contribution in [0.25, 0.3) is 6.08 Å². The van der Waals surface area contributed by atoms with Gasteiger partial charge in [0.1, 0.15) is 5.75 Å². The molecule has 6 nitrogen and oxygen atoms in total. The molecule has 0 unspecified atom stereocenters. The topological polar surface area (TPSA) is 80.9 Å². The highest BCUT2D eigenvalue weighted by molar-refractivity contribution is 7.07. The number of esters is 1. The number of aromatic hydroxyl groups is 1. The lowest BCUT2D eigenvalue weighted by Crippen LogP contribution is -2.39.